The molecule has 1 aliphatic carbocycles. The lowest BCUT2D eigenvalue weighted by Gasteiger charge is -2.32. The highest BCUT2D eigenvalue weighted by molar-refractivity contribution is 5.83. The minimum atomic E-state index is 0.180. The number of piperidine rings is 1. The lowest BCUT2D eigenvalue weighted by Crippen LogP contribution is -2.41. The molecule has 3 unspecified atom stereocenters. The van der Waals surface area contributed by atoms with Gasteiger partial charge >= 0.3 is 0 Å². The third-order valence-corrected chi connectivity index (χ3v) is 4.42. The Morgan fingerprint density at radius 3 is 2.84 bits per heavy atom. The van der Waals surface area contributed by atoms with Crippen molar-refractivity contribution in [2.24, 2.45) is 11.8 Å². The number of benzene rings is 1. The van der Waals surface area contributed by atoms with Crippen molar-refractivity contribution < 1.29 is 9.90 Å². The monoisotopic (exact) mass is 259 g/mol. The van der Waals surface area contributed by atoms with Gasteiger partial charge in [-0.25, -0.2) is 0 Å². The third kappa shape index (κ3) is 2.66. The number of aliphatic hydroxyl groups excluding tert-OH is 1. The molecule has 1 saturated heterocycles. The van der Waals surface area contributed by atoms with Gasteiger partial charge in [-0.15, -0.1) is 0 Å². The first-order valence-electron chi connectivity index (χ1n) is 7.24. The number of carbonyl (C=O) groups is 1. The summed E-state index contributed by atoms with van der Waals surface area (Å²) in [5.74, 6) is 1.18. The molecule has 1 aromatic carbocycles. The second-order valence-corrected chi connectivity index (χ2v) is 5.83. The fraction of sp³-hybridized carbons (Fsp3) is 0.562. The lowest BCUT2D eigenvalue weighted by molar-refractivity contribution is -0.134. The Kier molecular flexibility index (Phi) is 3.56. The summed E-state index contributed by atoms with van der Waals surface area (Å²) < 4.78 is 0. The summed E-state index contributed by atoms with van der Waals surface area (Å²) in [6.45, 7) is 1.82. The highest BCUT2D eigenvalue weighted by atomic mass is 16.3. The van der Waals surface area contributed by atoms with Crippen LogP contribution < -0.4 is 0 Å². The quantitative estimate of drug-likeness (QED) is 0.902. The van der Waals surface area contributed by atoms with Crippen LogP contribution in [0, 0.1) is 11.8 Å². The summed E-state index contributed by atoms with van der Waals surface area (Å²) in [7, 11) is 0. The van der Waals surface area contributed by atoms with Crippen LogP contribution in [0.1, 0.15) is 30.7 Å². The van der Waals surface area contributed by atoms with Crippen molar-refractivity contribution >= 4 is 5.91 Å². The number of hydrogen-bond donors (Lipinski definition) is 1. The zero-order chi connectivity index (χ0) is 13.2. The minimum absolute atomic E-state index is 0.180. The number of likely N-dealkylation sites (tertiary alicyclic amines) is 1. The molecule has 0 spiro atoms. The smallest absolute Gasteiger partial charge is 0.226 e. The van der Waals surface area contributed by atoms with Crippen molar-refractivity contribution in [3.05, 3.63) is 35.9 Å². The Hall–Kier alpha value is -1.35. The molecule has 1 heterocycles. The van der Waals surface area contributed by atoms with Crippen molar-refractivity contribution in [2.75, 3.05) is 19.7 Å². The molecule has 0 aromatic heterocycles. The zero-order valence-electron chi connectivity index (χ0n) is 11.2. The maximum absolute atomic E-state index is 12.4. The highest BCUT2D eigenvalue weighted by Crippen LogP contribution is 2.48. The molecular weight excluding hydrogens is 238 g/mol. The van der Waals surface area contributed by atoms with E-state index in [-0.39, 0.29) is 18.4 Å². The first kappa shape index (κ1) is 12.7. The molecule has 2 fully saturated rings. The molecule has 1 saturated carbocycles. The fourth-order valence-electron chi connectivity index (χ4n) is 3.19. The van der Waals surface area contributed by atoms with Crippen molar-refractivity contribution in [3.8, 4) is 0 Å². The van der Waals surface area contributed by atoms with E-state index in [1.807, 2.05) is 23.1 Å². The molecule has 1 N–H and O–H groups in total. The van der Waals surface area contributed by atoms with Gasteiger partial charge in [0.25, 0.3) is 0 Å². The van der Waals surface area contributed by atoms with Crippen molar-refractivity contribution in [1.82, 2.24) is 4.90 Å². The van der Waals surface area contributed by atoms with E-state index < -0.39 is 0 Å². The van der Waals surface area contributed by atoms with Crippen LogP contribution in [-0.2, 0) is 4.79 Å². The van der Waals surface area contributed by atoms with Gasteiger partial charge in [-0.3, -0.25) is 4.79 Å². The SMILES string of the molecule is O=C(C1CC1c1ccccc1)N1CCCC(CO)C1. The Morgan fingerprint density at radius 2 is 2.11 bits per heavy atom. The maximum atomic E-state index is 12.4. The number of rotatable bonds is 3. The van der Waals surface area contributed by atoms with Gasteiger partial charge < -0.3 is 10.0 Å². The van der Waals surface area contributed by atoms with E-state index in [1.165, 1.54) is 5.56 Å². The molecule has 3 heteroatoms. The van der Waals surface area contributed by atoms with Gasteiger partial charge in [0.05, 0.1) is 0 Å². The van der Waals surface area contributed by atoms with Gasteiger partial charge in [0.1, 0.15) is 0 Å². The number of carbonyl (C=O) groups excluding carboxylic acids is 1. The van der Waals surface area contributed by atoms with Crippen molar-refractivity contribution in [2.45, 2.75) is 25.2 Å². The molecule has 0 radical (unpaired) electrons. The Bertz CT molecular complexity index is 445. The minimum Gasteiger partial charge on any atom is -0.396 e. The van der Waals surface area contributed by atoms with Crippen molar-refractivity contribution in [3.63, 3.8) is 0 Å². The lowest BCUT2D eigenvalue weighted by atomic mass is 9.98. The van der Waals surface area contributed by atoms with Crippen LogP contribution in [-0.4, -0.2) is 35.6 Å². The third-order valence-electron chi connectivity index (χ3n) is 4.42. The molecule has 2 aliphatic rings. The predicted molar refractivity (Wildman–Crippen MR) is 73.7 cm³/mol. The van der Waals surface area contributed by atoms with Gasteiger partial charge in [0, 0.05) is 25.6 Å². The van der Waals surface area contributed by atoms with Crippen LogP contribution >= 0.6 is 0 Å². The van der Waals surface area contributed by atoms with Crippen LogP contribution in [0.25, 0.3) is 0 Å². The summed E-state index contributed by atoms with van der Waals surface area (Å²) in [4.78, 5) is 14.4. The first-order chi connectivity index (χ1) is 9.29. The van der Waals surface area contributed by atoms with E-state index in [2.05, 4.69) is 12.1 Å². The molecule has 3 atom stereocenters. The second-order valence-electron chi connectivity index (χ2n) is 5.83. The summed E-state index contributed by atoms with van der Waals surface area (Å²) in [6.07, 6.45) is 3.07. The predicted octanol–water partition coefficient (Wildman–Crippen LogP) is 2.02. The van der Waals surface area contributed by atoms with Crippen molar-refractivity contribution in [1.29, 1.82) is 0 Å². The first-order valence-corrected chi connectivity index (χ1v) is 7.24. The standard InChI is InChI=1S/C16H21NO2/c18-11-12-5-4-8-17(10-12)16(19)15-9-14(15)13-6-2-1-3-7-13/h1-3,6-7,12,14-15,18H,4-5,8-11H2. The number of aliphatic hydroxyl groups is 1. The fourth-order valence-corrected chi connectivity index (χ4v) is 3.19. The maximum Gasteiger partial charge on any atom is 0.226 e. The van der Waals surface area contributed by atoms with E-state index >= 15 is 0 Å². The largest absolute Gasteiger partial charge is 0.396 e. The molecule has 102 valence electrons. The molecule has 3 rings (SSSR count). The summed E-state index contributed by atoms with van der Waals surface area (Å²) in [5.41, 5.74) is 1.29. The summed E-state index contributed by atoms with van der Waals surface area (Å²) in [5, 5.41) is 9.24. The van der Waals surface area contributed by atoms with Gasteiger partial charge in [0.2, 0.25) is 5.91 Å². The van der Waals surface area contributed by atoms with Gasteiger partial charge in [-0.1, -0.05) is 30.3 Å². The van der Waals surface area contributed by atoms with Crippen LogP contribution in [0.3, 0.4) is 0 Å². The van der Waals surface area contributed by atoms with Gasteiger partial charge in [-0.2, -0.15) is 0 Å². The van der Waals surface area contributed by atoms with E-state index in [0.29, 0.717) is 11.8 Å². The molecule has 3 nitrogen and oxygen atoms in total. The van der Waals surface area contributed by atoms with Gasteiger partial charge in [0.15, 0.2) is 0 Å². The van der Waals surface area contributed by atoms with Crippen LogP contribution in [0.2, 0.25) is 0 Å². The van der Waals surface area contributed by atoms with E-state index in [1.54, 1.807) is 0 Å². The van der Waals surface area contributed by atoms with E-state index in [4.69, 9.17) is 0 Å². The van der Waals surface area contributed by atoms with E-state index in [0.717, 1.165) is 32.4 Å². The molecule has 1 amide bonds. The highest BCUT2D eigenvalue weighted by Gasteiger charge is 2.46. The van der Waals surface area contributed by atoms with Crippen LogP contribution in [0.5, 0.6) is 0 Å². The van der Waals surface area contributed by atoms with E-state index in [9.17, 15) is 9.90 Å². The molecule has 0 bridgehead atoms. The molecular formula is C16H21NO2. The molecule has 1 aromatic rings. The number of hydrogen-bond acceptors (Lipinski definition) is 2. The van der Waals surface area contributed by atoms with Crippen LogP contribution in [0.4, 0.5) is 0 Å². The Balaban J connectivity index is 1.60. The number of amides is 1. The van der Waals surface area contributed by atoms with Gasteiger partial charge in [-0.05, 0) is 36.7 Å². The summed E-state index contributed by atoms with van der Waals surface area (Å²) in [6, 6.07) is 10.3. The summed E-state index contributed by atoms with van der Waals surface area (Å²) >= 11 is 0. The molecule has 1 aliphatic heterocycles. The number of nitrogens with zero attached hydrogens (tertiary/aromatic N) is 1. The molecule has 19 heavy (non-hydrogen) atoms. The van der Waals surface area contributed by atoms with Crippen LogP contribution in [0.15, 0.2) is 30.3 Å². The Morgan fingerprint density at radius 1 is 1.32 bits per heavy atom. The second kappa shape index (κ2) is 5.33. The normalized spacial score (nSPS) is 30.2. The average Bonchev–Trinajstić information content (AvgIpc) is 3.28. The Labute approximate surface area is 114 Å². The topological polar surface area (TPSA) is 40.5 Å². The average molecular weight is 259 g/mol. The zero-order valence-corrected chi connectivity index (χ0v) is 11.2.